The van der Waals surface area contributed by atoms with Crippen molar-refractivity contribution in [2.75, 3.05) is 25.5 Å². The van der Waals surface area contributed by atoms with Crippen LogP contribution in [0.1, 0.15) is 19.4 Å². The smallest absolute Gasteiger partial charge is 0.321 e. The van der Waals surface area contributed by atoms with E-state index in [1.54, 1.807) is 20.1 Å². The van der Waals surface area contributed by atoms with Crippen molar-refractivity contribution in [1.29, 1.82) is 0 Å². The van der Waals surface area contributed by atoms with E-state index in [1.807, 2.05) is 25.1 Å². The maximum atomic E-state index is 12.2. The van der Waals surface area contributed by atoms with Crippen molar-refractivity contribution in [3.8, 4) is 0 Å². The number of rotatable bonds is 7. The molecule has 6 heteroatoms. The molecule has 1 atom stereocenters. The Morgan fingerprint density at radius 2 is 2.05 bits per heavy atom. The largest absolute Gasteiger partial charge is 0.481 e. The number of carboxylic acid groups (broad SMARTS) is 1. The van der Waals surface area contributed by atoms with E-state index in [0.29, 0.717) is 18.8 Å². The molecule has 0 aliphatic heterocycles. The first-order valence-electron chi connectivity index (χ1n) is 6.85. The number of hydrogen-bond donors (Lipinski definition) is 2. The summed E-state index contributed by atoms with van der Waals surface area (Å²) < 4.78 is 5.09. The number of urea groups is 1. The predicted octanol–water partition coefficient (Wildman–Crippen LogP) is 2.41. The van der Waals surface area contributed by atoms with E-state index in [2.05, 4.69) is 5.32 Å². The Morgan fingerprint density at radius 1 is 1.38 bits per heavy atom. The van der Waals surface area contributed by atoms with E-state index in [9.17, 15) is 9.59 Å². The normalized spacial score (nSPS) is 11.8. The molecule has 0 saturated carbocycles. The third-order valence-electron chi connectivity index (χ3n) is 3.14. The van der Waals surface area contributed by atoms with Crippen molar-refractivity contribution in [2.24, 2.45) is 5.92 Å². The maximum Gasteiger partial charge on any atom is 0.321 e. The van der Waals surface area contributed by atoms with Gasteiger partial charge in [-0.1, -0.05) is 25.1 Å². The molecule has 0 radical (unpaired) electrons. The Kier molecular flexibility index (Phi) is 6.68. The molecular weight excluding hydrogens is 272 g/mol. The molecule has 0 saturated heterocycles. The number of para-hydroxylation sites is 1. The average Bonchev–Trinajstić information content (AvgIpc) is 2.46. The third kappa shape index (κ3) is 5.07. The number of hydrogen-bond acceptors (Lipinski definition) is 3. The number of benzene rings is 1. The summed E-state index contributed by atoms with van der Waals surface area (Å²) in [7, 11) is 1.59. The fourth-order valence-electron chi connectivity index (χ4n) is 1.88. The quantitative estimate of drug-likeness (QED) is 0.809. The molecule has 2 N–H and O–H groups in total. The molecule has 116 valence electrons. The van der Waals surface area contributed by atoms with Crippen LogP contribution in [0.15, 0.2) is 24.3 Å². The summed E-state index contributed by atoms with van der Waals surface area (Å²) in [6.45, 7) is 4.40. The molecule has 0 aliphatic rings. The summed E-state index contributed by atoms with van der Waals surface area (Å²) in [4.78, 5) is 24.6. The molecule has 1 rings (SSSR count). The Hall–Kier alpha value is -2.08. The minimum absolute atomic E-state index is 0.171. The van der Waals surface area contributed by atoms with E-state index >= 15 is 0 Å². The van der Waals surface area contributed by atoms with E-state index < -0.39 is 11.9 Å². The van der Waals surface area contributed by atoms with E-state index in [-0.39, 0.29) is 12.6 Å². The molecule has 6 nitrogen and oxygen atoms in total. The fourth-order valence-corrected chi connectivity index (χ4v) is 1.88. The van der Waals surface area contributed by atoms with Crippen LogP contribution in [0.25, 0.3) is 0 Å². The number of carboxylic acids is 1. The third-order valence-corrected chi connectivity index (χ3v) is 3.14. The van der Waals surface area contributed by atoms with E-state index in [1.165, 1.54) is 4.90 Å². The molecule has 0 bridgehead atoms. The summed E-state index contributed by atoms with van der Waals surface area (Å²) in [6, 6.07) is 7.05. The van der Waals surface area contributed by atoms with Crippen LogP contribution in [0.5, 0.6) is 0 Å². The summed E-state index contributed by atoms with van der Waals surface area (Å²) in [5.74, 6) is -1.52. The van der Waals surface area contributed by atoms with Crippen molar-refractivity contribution in [3.63, 3.8) is 0 Å². The summed E-state index contributed by atoms with van der Waals surface area (Å²) in [5.41, 5.74) is 1.54. The number of carbonyl (C=O) groups excluding carboxylic acids is 1. The molecular formula is C15H22N2O4. The van der Waals surface area contributed by atoms with Gasteiger partial charge in [0.05, 0.1) is 12.5 Å². The molecule has 1 aromatic rings. The van der Waals surface area contributed by atoms with Crippen molar-refractivity contribution >= 4 is 17.7 Å². The number of amides is 2. The lowest BCUT2D eigenvalue weighted by atomic mass is 10.1. The van der Waals surface area contributed by atoms with Crippen LogP contribution < -0.4 is 5.32 Å². The molecule has 1 unspecified atom stereocenters. The van der Waals surface area contributed by atoms with Crippen LogP contribution >= 0.6 is 0 Å². The Bertz CT molecular complexity index is 490. The number of nitrogens with one attached hydrogen (secondary N) is 1. The predicted molar refractivity (Wildman–Crippen MR) is 80.2 cm³/mol. The van der Waals surface area contributed by atoms with Gasteiger partial charge in [-0.3, -0.25) is 4.79 Å². The van der Waals surface area contributed by atoms with Gasteiger partial charge in [0.2, 0.25) is 0 Å². The second-order valence-electron chi connectivity index (χ2n) is 4.80. The Morgan fingerprint density at radius 3 is 2.62 bits per heavy atom. The lowest BCUT2D eigenvalue weighted by Gasteiger charge is -2.24. The van der Waals surface area contributed by atoms with Crippen LogP contribution in [-0.2, 0) is 16.1 Å². The minimum Gasteiger partial charge on any atom is -0.481 e. The SMILES string of the molecule is CCN(CC(C)C(=O)O)C(=O)Nc1ccccc1COC. The highest BCUT2D eigenvalue weighted by atomic mass is 16.5. The highest BCUT2D eigenvalue weighted by Crippen LogP contribution is 2.16. The van der Waals surface area contributed by atoms with Gasteiger partial charge in [-0.25, -0.2) is 4.79 Å². The first-order valence-corrected chi connectivity index (χ1v) is 6.85. The van der Waals surface area contributed by atoms with Gasteiger partial charge < -0.3 is 20.1 Å². The fraction of sp³-hybridized carbons (Fsp3) is 0.467. The molecule has 0 fully saturated rings. The first kappa shape index (κ1) is 17.0. The summed E-state index contributed by atoms with van der Waals surface area (Å²) in [5, 5.41) is 11.7. The highest BCUT2D eigenvalue weighted by molar-refractivity contribution is 5.90. The second-order valence-corrected chi connectivity index (χ2v) is 4.80. The highest BCUT2D eigenvalue weighted by Gasteiger charge is 2.19. The van der Waals surface area contributed by atoms with Crippen molar-refractivity contribution in [1.82, 2.24) is 4.90 Å². The molecule has 0 spiro atoms. The van der Waals surface area contributed by atoms with Crippen LogP contribution in [0.4, 0.5) is 10.5 Å². The number of nitrogens with zero attached hydrogens (tertiary/aromatic N) is 1. The molecule has 1 aromatic carbocycles. The van der Waals surface area contributed by atoms with Crippen LogP contribution in [0, 0.1) is 5.92 Å². The molecule has 0 aromatic heterocycles. The minimum atomic E-state index is -0.916. The van der Waals surface area contributed by atoms with Crippen molar-refractivity contribution < 1.29 is 19.4 Å². The van der Waals surface area contributed by atoms with Gasteiger partial charge in [0.1, 0.15) is 0 Å². The lowest BCUT2D eigenvalue weighted by molar-refractivity contribution is -0.141. The topological polar surface area (TPSA) is 78.9 Å². The standard InChI is InChI=1S/C15H22N2O4/c1-4-17(9-11(2)14(18)19)15(20)16-13-8-6-5-7-12(13)10-21-3/h5-8,11H,4,9-10H2,1-3H3,(H,16,20)(H,18,19). The number of methoxy groups -OCH3 is 1. The van der Waals surface area contributed by atoms with Crippen molar-refractivity contribution in [2.45, 2.75) is 20.5 Å². The van der Waals surface area contributed by atoms with Gasteiger partial charge >= 0.3 is 12.0 Å². The number of carbonyl (C=O) groups is 2. The summed E-state index contributed by atoms with van der Waals surface area (Å²) >= 11 is 0. The zero-order valence-electron chi connectivity index (χ0n) is 12.6. The molecule has 0 heterocycles. The summed E-state index contributed by atoms with van der Waals surface area (Å²) in [6.07, 6.45) is 0. The molecule has 0 aliphatic carbocycles. The van der Waals surface area contributed by atoms with Gasteiger partial charge in [0.15, 0.2) is 0 Å². The van der Waals surface area contributed by atoms with Gasteiger partial charge in [-0.2, -0.15) is 0 Å². The number of ether oxygens (including phenoxy) is 1. The number of aliphatic carboxylic acids is 1. The van der Waals surface area contributed by atoms with Crippen molar-refractivity contribution in [3.05, 3.63) is 29.8 Å². The van der Waals surface area contributed by atoms with Crippen LogP contribution in [0.3, 0.4) is 0 Å². The molecule has 2 amide bonds. The zero-order valence-corrected chi connectivity index (χ0v) is 12.6. The zero-order chi connectivity index (χ0) is 15.8. The second kappa shape index (κ2) is 8.26. The Labute approximate surface area is 124 Å². The van der Waals surface area contributed by atoms with Crippen LogP contribution in [-0.4, -0.2) is 42.2 Å². The van der Waals surface area contributed by atoms with E-state index in [4.69, 9.17) is 9.84 Å². The van der Waals surface area contributed by atoms with E-state index in [0.717, 1.165) is 5.56 Å². The Balaban J connectivity index is 2.76. The monoisotopic (exact) mass is 294 g/mol. The molecule has 21 heavy (non-hydrogen) atoms. The van der Waals surface area contributed by atoms with Gasteiger partial charge in [-0.15, -0.1) is 0 Å². The first-order chi connectivity index (χ1) is 9.99. The van der Waals surface area contributed by atoms with Gasteiger partial charge in [-0.05, 0) is 13.0 Å². The van der Waals surface area contributed by atoms with Gasteiger partial charge in [0, 0.05) is 31.5 Å². The van der Waals surface area contributed by atoms with Crippen LogP contribution in [0.2, 0.25) is 0 Å². The lowest BCUT2D eigenvalue weighted by Crippen LogP contribution is -2.39. The van der Waals surface area contributed by atoms with Gasteiger partial charge in [0.25, 0.3) is 0 Å². The maximum absolute atomic E-state index is 12.2. The number of anilines is 1. The average molecular weight is 294 g/mol.